The Labute approximate surface area is 229 Å². The number of benzene rings is 2. The van der Waals surface area contributed by atoms with E-state index in [1.54, 1.807) is 7.11 Å². The summed E-state index contributed by atoms with van der Waals surface area (Å²) in [5.74, 6) is 0.758. The molecule has 3 amide bonds. The van der Waals surface area contributed by atoms with Crippen molar-refractivity contribution < 1.29 is 14.3 Å². The molecular weight excluding hydrogens is 490 g/mol. The number of carbonyl (C=O) groups is 2. The monoisotopic (exact) mass is 525 g/mol. The number of hydrogen-bond acceptors (Lipinski definition) is 5. The van der Waals surface area contributed by atoms with E-state index in [0.717, 1.165) is 72.8 Å². The first-order chi connectivity index (χ1) is 18.9. The van der Waals surface area contributed by atoms with E-state index in [-0.39, 0.29) is 18.0 Å². The number of aryl methyl sites for hydroxylation is 2. The molecule has 0 radical (unpaired) electrons. The molecule has 0 saturated carbocycles. The predicted molar refractivity (Wildman–Crippen MR) is 153 cm³/mol. The molecule has 1 fully saturated rings. The smallest absolute Gasteiger partial charge is 0.322 e. The molecule has 3 aliphatic rings. The number of methoxy groups -OCH3 is 1. The number of aromatic nitrogens is 1. The van der Waals surface area contributed by atoms with Crippen LogP contribution in [0.3, 0.4) is 0 Å². The van der Waals surface area contributed by atoms with Crippen molar-refractivity contribution >= 4 is 29.0 Å². The summed E-state index contributed by atoms with van der Waals surface area (Å²) >= 11 is 0. The van der Waals surface area contributed by atoms with Crippen molar-refractivity contribution in [1.82, 2.24) is 9.88 Å². The minimum absolute atomic E-state index is 0.0360. The fourth-order valence-corrected chi connectivity index (χ4v) is 6.16. The lowest BCUT2D eigenvalue weighted by Gasteiger charge is -2.39. The fraction of sp³-hybridized carbons (Fsp3) is 0.387. The number of piperidine rings is 1. The molecule has 0 bridgehead atoms. The molecule has 4 heterocycles. The maximum atomic E-state index is 13.5. The van der Waals surface area contributed by atoms with Gasteiger partial charge in [-0.15, -0.1) is 0 Å². The largest absolute Gasteiger partial charge is 0.497 e. The number of rotatable bonds is 4. The van der Waals surface area contributed by atoms with E-state index in [2.05, 4.69) is 40.3 Å². The van der Waals surface area contributed by atoms with Gasteiger partial charge in [0.25, 0.3) is 5.91 Å². The van der Waals surface area contributed by atoms with Crippen LogP contribution in [0.4, 0.5) is 21.9 Å². The molecule has 2 aromatic carbocycles. The minimum Gasteiger partial charge on any atom is -0.497 e. The SMILES string of the molecule is COc1ccc2c(c1)CCN(C1CCN(c3cc(C)nc(C(=O)N4CCc5cc(C)ccc54)c3)CC1)C(=O)N2. The van der Waals surface area contributed by atoms with Crippen LogP contribution in [-0.4, -0.2) is 61.2 Å². The Balaban J connectivity index is 1.13. The topological polar surface area (TPSA) is 78.0 Å². The Morgan fingerprint density at radius 3 is 2.54 bits per heavy atom. The second-order valence-electron chi connectivity index (χ2n) is 10.8. The standard InChI is InChI=1S/C31H35N5O3/c1-20-4-7-29-23(16-20)9-15-36(29)30(37)28-19-25(17-21(2)32-28)34-12-10-24(11-13-34)35-14-8-22-18-26(39-3)5-6-27(22)33-31(35)38/h4-7,16-19,24H,8-15H2,1-3H3,(H,33,38). The first-order valence-electron chi connectivity index (χ1n) is 13.8. The highest BCUT2D eigenvalue weighted by Crippen LogP contribution is 2.32. The number of carbonyl (C=O) groups excluding carboxylic acids is 2. The molecule has 8 nitrogen and oxygen atoms in total. The zero-order valence-corrected chi connectivity index (χ0v) is 22.9. The number of amides is 3. The van der Waals surface area contributed by atoms with Crippen LogP contribution in [0.1, 0.15) is 45.7 Å². The van der Waals surface area contributed by atoms with Crippen LogP contribution in [0.25, 0.3) is 0 Å². The summed E-state index contributed by atoms with van der Waals surface area (Å²) in [5, 5.41) is 3.10. The van der Waals surface area contributed by atoms with Gasteiger partial charge in [-0.3, -0.25) is 4.79 Å². The minimum atomic E-state index is -0.0464. The summed E-state index contributed by atoms with van der Waals surface area (Å²) in [6, 6.07) is 16.2. The van der Waals surface area contributed by atoms with Gasteiger partial charge in [0.2, 0.25) is 0 Å². The van der Waals surface area contributed by atoms with Crippen LogP contribution in [-0.2, 0) is 12.8 Å². The summed E-state index contributed by atoms with van der Waals surface area (Å²) in [6.07, 6.45) is 3.41. The third-order valence-electron chi connectivity index (χ3n) is 8.24. The summed E-state index contributed by atoms with van der Waals surface area (Å²) in [7, 11) is 1.66. The van der Waals surface area contributed by atoms with Crippen LogP contribution in [0.2, 0.25) is 0 Å². The second-order valence-corrected chi connectivity index (χ2v) is 10.8. The summed E-state index contributed by atoms with van der Waals surface area (Å²) < 4.78 is 5.37. The lowest BCUT2D eigenvalue weighted by atomic mass is 10.0. The lowest BCUT2D eigenvalue weighted by molar-refractivity contribution is 0.0984. The molecule has 1 aromatic heterocycles. The van der Waals surface area contributed by atoms with Gasteiger partial charge in [0.15, 0.2) is 0 Å². The first kappa shape index (κ1) is 25.2. The average molecular weight is 526 g/mol. The van der Waals surface area contributed by atoms with Crippen molar-refractivity contribution in [2.24, 2.45) is 0 Å². The van der Waals surface area contributed by atoms with Crippen LogP contribution in [0.5, 0.6) is 5.75 Å². The number of nitrogens with one attached hydrogen (secondary N) is 1. The van der Waals surface area contributed by atoms with E-state index < -0.39 is 0 Å². The van der Waals surface area contributed by atoms with Crippen LogP contribution >= 0.6 is 0 Å². The molecule has 3 aliphatic heterocycles. The zero-order chi connectivity index (χ0) is 27.1. The molecule has 8 heteroatoms. The van der Waals surface area contributed by atoms with Crippen molar-refractivity contribution in [3.8, 4) is 5.75 Å². The number of hydrogen-bond donors (Lipinski definition) is 1. The molecule has 0 unspecified atom stereocenters. The Morgan fingerprint density at radius 2 is 1.74 bits per heavy atom. The highest BCUT2D eigenvalue weighted by molar-refractivity contribution is 6.06. The summed E-state index contributed by atoms with van der Waals surface area (Å²) in [6.45, 7) is 7.03. The van der Waals surface area contributed by atoms with Gasteiger partial charge in [-0.05, 0) is 87.1 Å². The van der Waals surface area contributed by atoms with E-state index in [4.69, 9.17) is 4.74 Å². The number of ether oxygens (including phenoxy) is 1. The van der Waals surface area contributed by atoms with Crippen molar-refractivity contribution in [2.45, 2.75) is 45.6 Å². The number of fused-ring (bicyclic) bond motifs is 2. The highest BCUT2D eigenvalue weighted by atomic mass is 16.5. The third-order valence-corrected chi connectivity index (χ3v) is 8.24. The molecule has 6 rings (SSSR count). The second kappa shape index (κ2) is 10.2. The van der Waals surface area contributed by atoms with Crippen LogP contribution in [0.15, 0.2) is 48.5 Å². The Kier molecular flexibility index (Phi) is 6.62. The fourth-order valence-electron chi connectivity index (χ4n) is 6.16. The Hall–Kier alpha value is -4.07. The van der Waals surface area contributed by atoms with Crippen molar-refractivity contribution in [3.05, 3.63) is 76.6 Å². The van der Waals surface area contributed by atoms with E-state index in [9.17, 15) is 9.59 Å². The quantitative estimate of drug-likeness (QED) is 0.521. The van der Waals surface area contributed by atoms with E-state index >= 15 is 0 Å². The lowest BCUT2D eigenvalue weighted by Crippen LogP contribution is -2.49. The van der Waals surface area contributed by atoms with Gasteiger partial charge in [0.05, 0.1) is 7.11 Å². The maximum absolute atomic E-state index is 13.5. The van der Waals surface area contributed by atoms with Gasteiger partial charge in [-0.1, -0.05) is 17.7 Å². The van der Waals surface area contributed by atoms with Gasteiger partial charge >= 0.3 is 6.03 Å². The van der Waals surface area contributed by atoms with Crippen LogP contribution < -0.4 is 19.9 Å². The average Bonchev–Trinajstić information content (AvgIpc) is 3.28. The van der Waals surface area contributed by atoms with Crippen molar-refractivity contribution in [2.75, 3.05) is 48.4 Å². The molecule has 0 aliphatic carbocycles. The van der Waals surface area contributed by atoms with E-state index in [1.807, 2.05) is 47.1 Å². The van der Waals surface area contributed by atoms with Gasteiger partial charge in [-0.25, -0.2) is 9.78 Å². The molecule has 0 spiro atoms. The maximum Gasteiger partial charge on any atom is 0.322 e. The highest BCUT2D eigenvalue weighted by Gasteiger charge is 2.31. The third kappa shape index (κ3) is 4.91. The van der Waals surface area contributed by atoms with E-state index in [0.29, 0.717) is 18.8 Å². The molecule has 3 aromatic rings. The number of pyridine rings is 1. The Morgan fingerprint density at radius 1 is 0.949 bits per heavy atom. The molecular formula is C31H35N5O3. The van der Waals surface area contributed by atoms with E-state index in [1.165, 1.54) is 11.1 Å². The van der Waals surface area contributed by atoms with Gasteiger partial charge in [0, 0.05) is 55.0 Å². The molecule has 39 heavy (non-hydrogen) atoms. The number of nitrogens with zero attached hydrogens (tertiary/aromatic N) is 4. The van der Waals surface area contributed by atoms with Crippen molar-refractivity contribution in [1.29, 1.82) is 0 Å². The van der Waals surface area contributed by atoms with Gasteiger partial charge < -0.3 is 24.8 Å². The first-order valence-corrected chi connectivity index (χ1v) is 13.8. The number of anilines is 3. The molecule has 1 N–H and O–H groups in total. The van der Waals surface area contributed by atoms with Gasteiger partial charge in [-0.2, -0.15) is 0 Å². The summed E-state index contributed by atoms with van der Waals surface area (Å²) in [4.78, 5) is 37.4. The Bertz CT molecular complexity index is 1430. The zero-order valence-electron chi connectivity index (χ0n) is 22.9. The predicted octanol–water partition coefficient (Wildman–Crippen LogP) is 4.97. The normalized spacial score (nSPS) is 17.4. The molecule has 202 valence electrons. The van der Waals surface area contributed by atoms with Gasteiger partial charge in [0.1, 0.15) is 11.4 Å². The molecule has 1 saturated heterocycles. The van der Waals surface area contributed by atoms with Crippen molar-refractivity contribution in [3.63, 3.8) is 0 Å². The van der Waals surface area contributed by atoms with Crippen LogP contribution in [0, 0.1) is 13.8 Å². The number of urea groups is 1. The molecule has 0 atom stereocenters. The summed E-state index contributed by atoms with van der Waals surface area (Å²) in [5.41, 5.74) is 7.73.